The largest absolute Gasteiger partial charge is 0.497 e. The quantitative estimate of drug-likeness (QED) is 0.698. The summed E-state index contributed by atoms with van der Waals surface area (Å²) in [5.41, 5.74) is 0.907. The van der Waals surface area contributed by atoms with Crippen LogP contribution in [0.5, 0.6) is 17.2 Å². The van der Waals surface area contributed by atoms with Gasteiger partial charge in [0.25, 0.3) is 0 Å². The molecule has 0 saturated carbocycles. The van der Waals surface area contributed by atoms with Crippen LogP contribution in [0.25, 0.3) is 0 Å². The summed E-state index contributed by atoms with van der Waals surface area (Å²) >= 11 is 5.33. The van der Waals surface area contributed by atoms with Crippen molar-refractivity contribution in [2.75, 3.05) is 25.6 Å². The van der Waals surface area contributed by atoms with E-state index in [0.717, 1.165) is 22.9 Å². The Morgan fingerprint density at radius 2 is 1.52 bits per heavy atom. The maximum absolute atomic E-state index is 5.74. The smallest absolute Gasteiger partial charge is 0.171 e. The van der Waals surface area contributed by atoms with Crippen LogP contribution in [0, 0.1) is 0 Å². The molecule has 2 aromatic rings. The first-order valence-corrected chi connectivity index (χ1v) is 8.58. The van der Waals surface area contributed by atoms with Gasteiger partial charge in [-0.05, 0) is 74.6 Å². The van der Waals surface area contributed by atoms with Gasteiger partial charge in [0.1, 0.15) is 23.9 Å². The maximum atomic E-state index is 5.74. The van der Waals surface area contributed by atoms with Gasteiger partial charge in [-0.15, -0.1) is 0 Å². The van der Waals surface area contributed by atoms with Gasteiger partial charge in [-0.25, -0.2) is 0 Å². The topological polar surface area (TPSA) is 51.8 Å². The highest BCUT2D eigenvalue weighted by molar-refractivity contribution is 7.80. The molecule has 0 radical (unpaired) electrons. The molecule has 0 aliphatic rings. The Kier molecular flexibility index (Phi) is 7.35. The number of thiocarbonyl (C=S) groups is 1. The summed E-state index contributed by atoms with van der Waals surface area (Å²) in [6.07, 6.45) is 0. The summed E-state index contributed by atoms with van der Waals surface area (Å²) in [6.45, 7) is 5.12. The molecule has 2 aromatic carbocycles. The predicted octanol–water partition coefficient (Wildman–Crippen LogP) is 3.85. The Balaban J connectivity index is 1.75. The Hall–Kier alpha value is -2.47. The third-order valence-corrected chi connectivity index (χ3v) is 3.58. The zero-order chi connectivity index (χ0) is 18.1. The number of methoxy groups -OCH3 is 1. The van der Waals surface area contributed by atoms with Crippen LogP contribution in [0.4, 0.5) is 5.69 Å². The molecule has 5 nitrogen and oxygen atoms in total. The van der Waals surface area contributed by atoms with E-state index in [1.807, 2.05) is 62.4 Å². The molecule has 1 atom stereocenters. The number of benzene rings is 2. The molecule has 0 aliphatic heterocycles. The van der Waals surface area contributed by atoms with Gasteiger partial charge in [0, 0.05) is 5.69 Å². The number of rotatable bonds is 8. The lowest BCUT2D eigenvalue weighted by Gasteiger charge is -2.18. The van der Waals surface area contributed by atoms with Crippen molar-refractivity contribution in [1.29, 1.82) is 0 Å². The molecule has 0 unspecified atom stereocenters. The molecule has 2 N–H and O–H groups in total. The van der Waals surface area contributed by atoms with Crippen molar-refractivity contribution in [2.24, 2.45) is 0 Å². The van der Waals surface area contributed by atoms with E-state index in [0.29, 0.717) is 18.3 Å². The lowest BCUT2D eigenvalue weighted by Crippen LogP contribution is -2.39. The normalized spacial score (nSPS) is 11.3. The lowest BCUT2D eigenvalue weighted by atomic mass is 10.3. The first-order valence-electron chi connectivity index (χ1n) is 8.18. The van der Waals surface area contributed by atoms with Gasteiger partial charge in [-0.1, -0.05) is 0 Å². The van der Waals surface area contributed by atoms with Crippen LogP contribution in [0.1, 0.15) is 13.8 Å². The number of ether oxygens (including phenoxy) is 3. The number of hydrogen-bond acceptors (Lipinski definition) is 4. The zero-order valence-electron chi connectivity index (χ0n) is 14.7. The van der Waals surface area contributed by atoms with Gasteiger partial charge in [0.05, 0.1) is 19.8 Å². The average molecular weight is 360 g/mol. The molecule has 0 saturated heterocycles. The van der Waals surface area contributed by atoms with Crippen molar-refractivity contribution in [3.8, 4) is 17.2 Å². The molecular formula is C19H24N2O3S. The molecule has 0 bridgehead atoms. The Morgan fingerprint density at radius 3 is 2.12 bits per heavy atom. The van der Waals surface area contributed by atoms with Crippen molar-refractivity contribution < 1.29 is 14.2 Å². The Morgan fingerprint density at radius 1 is 0.960 bits per heavy atom. The van der Waals surface area contributed by atoms with Crippen molar-refractivity contribution >= 4 is 23.0 Å². The summed E-state index contributed by atoms with van der Waals surface area (Å²) in [5, 5.41) is 6.90. The van der Waals surface area contributed by atoms with Gasteiger partial charge >= 0.3 is 0 Å². The fourth-order valence-electron chi connectivity index (χ4n) is 2.13. The first kappa shape index (κ1) is 18.9. The van der Waals surface area contributed by atoms with Crippen molar-refractivity contribution in [3.63, 3.8) is 0 Å². The average Bonchev–Trinajstić information content (AvgIpc) is 2.62. The molecule has 25 heavy (non-hydrogen) atoms. The van der Waals surface area contributed by atoms with E-state index in [-0.39, 0.29) is 6.04 Å². The highest BCUT2D eigenvalue weighted by Crippen LogP contribution is 2.17. The van der Waals surface area contributed by atoms with Crippen LogP contribution < -0.4 is 24.8 Å². The van der Waals surface area contributed by atoms with Crippen molar-refractivity contribution in [3.05, 3.63) is 48.5 Å². The molecule has 134 valence electrons. The van der Waals surface area contributed by atoms with E-state index in [1.165, 1.54) is 0 Å². The minimum absolute atomic E-state index is 0.0600. The van der Waals surface area contributed by atoms with Gasteiger partial charge in [-0.3, -0.25) is 0 Å². The summed E-state index contributed by atoms with van der Waals surface area (Å²) in [4.78, 5) is 0. The van der Waals surface area contributed by atoms with Crippen LogP contribution in [0.3, 0.4) is 0 Å². The van der Waals surface area contributed by atoms with Crippen LogP contribution in [-0.4, -0.2) is 31.5 Å². The molecule has 0 aromatic heterocycles. The maximum Gasteiger partial charge on any atom is 0.171 e. The van der Waals surface area contributed by atoms with Gasteiger partial charge in [0.15, 0.2) is 5.11 Å². The minimum Gasteiger partial charge on any atom is -0.497 e. The molecule has 2 rings (SSSR count). The summed E-state index contributed by atoms with van der Waals surface area (Å²) in [5.74, 6) is 2.44. The Labute approximate surface area is 154 Å². The SMILES string of the molecule is CCOc1ccc(NC(=S)N[C@H](C)COc2ccc(OC)cc2)cc1. The van der Waals surface area contributed by atoms with E-state index in [4.69, 9.17) is 26.4 Å². The second-order valence-electron chi connectivity index (χ2n) is 5.44. The third kappa shape index (κ3) is 6.51. The summed E-state index contributed by atoms with van der Waals surface area (Å²) in [7, 11) is 1.64. The van der Waals surface area contributed by atoms with Crippen LogP contribution in [0.15, 0.2) is 48.5 Å². The van der Waals surface area contributed by atoms with Gasteiger partial charge < -0.3 is 24.8 Å². The van der Waals surface area contributed by atoms with Crippen LogP contribution in [-0.2, 0) is 0 Å². The number of hydrogen-bond donors (Lipinski definition) is 2. The number of nitrogens with one attached hydrogen (secondary N) is 2. The second kappa shape index (κ2) is 9.74. The summed E-state index contributed by atoms with van der Waals surface area (Å²) < 4.78 is 16.3. The van der Waals surface area contributed by atoms with Crippen molar-refractivity contribution in [2.45, 2.75) is 19.9 Å². The minimum atomic E-state index is 0.0600. The monoisotopic (exact) mass is 360 g/mol. The number of anilines is 1. The molecule has 0 aliphatic carbocycles. The van der Waals surface area contributed by atoms with Crippen LogP contribution in [0.2, 0.25) is 0 Å². The van der Waals surface area contributed by atoms with Crippen LogP contribution >= 0.6 is 12.2 Å². The molecule has 0 fully saturated rings. The summed E-state index contributed by atoms with van der Waals surface area (Å²) in [6, 6.07) is 15.2. The molecule has 0 heterocycles. The van der Waals surface area contributed by atoms with Gasteiger partial charge in [-0.2, -0.15) is 0 Å². The Bertz CT molecular complexity index is 659. The third-order valence-electron chi connectivity index (χ3n) is 3.36. The lowest BCUT2D eigenvalue weighted by molar-refractivity contribution is 0.286. The second-order valence-corrected chi connectivity index (χ2v) is 5.85. The van der Waals surface area contributed by atoms with E-state index < -0.39 is 0 Å². The highest BCUT2D eigenvalue weighted by Gasteiger charge is 2.06. The highest BCUT2D eigenvalue weighted by atomic mass is 32.1. The van der Waals surface area contributed by atoms with Gasteiger partial charge in [0.2, 0.25) is 0 Å². The molecule has 0 spiro atoms. The fraction of sp³-hybridized carbons (Fsp3) is 0.316. The fourth-order valence-corrected chi connectivity index (χ4v) is 2.45. The van der Waals surface area contributed by atoms with E-state index in [2.05, 4.69) is 10.6 Å². The first-order chi connectivity index (χ1) is 12.1. The molecule has 0 amide bonds. The van der Waals surface area contributed by atoms with Crippen molar-refractivity contribution in [1.82, 2.24) is 5.32 Å². The van der Waals surface area contributed by atoms with E-state index in [9.17, 15) is 0 Å². The predicted molar refractivity (Wildman–Crippen MR) is 105 cm³/mol. The molecular weight excluding hydrogens is 336 g/mol. The standard InChI is InChI=1S/C19H24N2O3S/c1-4-23-17-7-5-15(6-8-17)21-19(25)20-14(2)13-24-18-11-9-16(22-3)10-12-18/h5-12,14H,4,13H2,1-3H3,(H2,20,21,25)/t14-/m1/s1. The molecule has 6 heteroatoms. The van der Waals surface area contributed by atoms with E-state index in [1.54, 1.807) is 7.11 Å². The van der Waals surface area contributed by atoms with E-state index >= 15 is 0 Å². The zero-order valence-corrected chi connectivity index (χ0v) is 15.6.